The predicted molar refractivity (Wildman–Crippen MR) is 69.5 cm³/mol. The molecule has 0 unspecified atom stereocenters. The van der Waals surface area contributed by atoms with Crippen molar-refractivity contribution in [1.29, 1.82) is 0 Å². The number of ether oxygens (including phenoxy) is 1. The van der Waals surface area contributed by atoms with Gasteiger partial charge in [-0.3, -0.25) is 0 Å². The smallest absolute Gasteiger partial charge is 0.0589 e. The van der Waals surface area contributed by atoms with E-state index in [1.807, 2.05) is 27.7 Å². The molecule has 1 aliphatic heterocycles. The van der Waals surface area contributed by atoms with Crippen LogP contribution in [-0.4, -0.2) is 38.3 Å². The molecule has 0 aromatic carbocycles. The average molecular weight is 217 g/mol. The van der Waals surface area contributed by atoms with Crippen LogP contribution in [-0.2, 0) is 4.74 Å². The van der Waals surface area contributed by atoms with Crippen LogP contribution in [0.25, 0.3) is 0 Å². The van der Waals surface area contributed by atoms with Crippen molar-refractivity contribution in [3.05, 3.63) is 0 Å². The Morgan fingerprint density at radius 2 is 1.33 bits per heavy atom. The first-order chi connectivity index (χ1) is 7.43. The summed E-state index contributed by atoms with van der Waals surface area (Å²) in [6, 6.07) is 0. The van der Waals surface area contributed by atoms with Crippen LogP contribution < -0.4 is 0 Å². The summed E-state index contributed by atoms with van der Waals surface area (Å²) >= 11 is 0. The molecular formula is C13H31NO. The Morgan fingerprint density at radius 1 is 0.867 bits per heavy atom. The van der Waals surface area contributed by atoms with Gasteiger partial charge in [0.05, 0.1) is 6.61 Å². The van der Waals surface area contributed by atoms with Gasteiger partial charge < -0.3 is 9.64 Å². The molecule has 0 atom stereocenters. The highest BCUT2D eigenvalue weighted by Gasteiger charge is 2.07. The van der Waals surface area contributed by atoms with E-state index in [0.29, 0.717) is 0 Å². The van der Waals surface area contributed by atoms with Crippen LogP contribution in [0.4, 0.5) is 0 Å². The van der Waals surface area contributed by atoms with Gasteiger partial charge in [-0.15, -0.1) is 0 Å². The number of methoxy groups -OCH3 is 1. The summed E-state index contributed by atoms with van der Waals surface area (Å²) in [5.41, 5.74) is 0. The maximum atomic E-state index is 5.04. The first kappa shape index (κ1) is 17.3. The Kier molecular flexibility index (Phi) is 18.9. The second-order valence-electron chi connectivity index (χ2n) is 3.25. The van der Waals surface area contributed by atoms with Crippen molar-refractivity contribution >= 4 is 0 Å². The van der Waals surface area contributed by atoms with Crippen LogP contribution >= 0.6 is 0 Å². The number of hydrogen-bond donors (Lipinski definition) is 0. The molecule has 0 amide bonds. The maximum Gasteiger partial charge on any atom is 0.0589 e. The lowest BCUT2D eigenvalue weighted by Crippen LogP contribution is -2.28. The van der Waals surface area contributed by atoms with Gasteiger partial charge in [0, 0.05) is 13.7 Å². The molecule has 2 nitrogen and oxygen atoms in total. The fraction of sp³-hybridized carbons (Fsp3) is 1.00. The summed E-state index contributed by atoms with van der Waals surface area (Å²) in [4.78, 5) is 2.51. The molecule has 0 spiro atoms. The third kappa shape index (κ3) is 11.8. The van der Waals surface area contributed by atoms with Crippen molar-refractivity contribution in [3.63, 3.8) is 0 Å². The molecule has 0 bridgehead atoms. The summed E-state index contributed by atoms with van der Waals surface area (Å²) in [6.07, 6.45) is 5.60. The Bertz CT molecular complexity index is 88.5. The van der Waals surface area contributed by atoms with Gasteiger partial charge in [-0.25, -0.2) is 0 Å². The van der Waals surface area contributed by atoms with E-state index in [1.54, 1.807) is 7.11 Å². The van der Waals surface area contributed by atoms with E-state index >= 15 is 0 Å². The van der Waals surface area contributed by atoms with Gasteiger partial charge in [-0.05, 0) is 25.9 Å². The van der Waals surface area contributed by atoms with Crippen LogP contribution in [0.2, 0.25) is 0 Å². The van der Waals surface area contributed by atoms with Gasteiger partial charge >= 0.3 is 0 Å². The molecule has 1 fully saturated rings. The fourth-order valence-electron chi connectivity index (χ4n) is 1.58. The van der Waals surface area contributed by atoms with Crippen molar-refractivity contribution in [3.8, 4) is 0 Å². The molecule has 1 rings (SSSR count). The Balaban J connectivity index is 0. The summed E-state index contributed by atoms with van der Waals surface area (Å²) in [6.45, 7) is 12.6. The molecule has 0 saturated carbocycles. The van der Waals surface area contributed by atoms with Crippen LogP contribution in [0.15, 0.2) is 0 Å². The number of rotatable bonds is 3. The fourth-order valence-corrected chi connectivity index (χ4v) is 1.58. The van der Waals surface area contributed by atoms with Crippen LogP contribution in [0.3, 0.4) is 0 Å². The second-order valence-corrected chi connectivity index (χ2v) is 3.25. The molecule has 94 valence electrons. The maximum absolute atomic E-state index is 5.04. The summed E-state index contributed by atoms with van der Waals surface area (Å²) in [7, 11) is 1.78. The van der Waals surface area contributed by atoms with E-state index in [9.17, 15) is 0 Å². The monoisotopic (exact) mass is 217 g/mol. The summed E-state index contributed by atoms with van der Waals surface area (Å²) in [5, 5.41) is 0. The summed E-state index contributed by atoms with van der Waals surface area (Å²) in [5.74, 6) is 0. The topological polar surface area (TPSA) is 12.5 Å². The van der Waals surface area contributed by atoms with Gasteiger partial charge in [0.25, 0.3) is 0 Å². The molecule has 0 aromatic rings. The highest BCUT2D eigenvalue weighted by Crippen LogP contribution is 2.08. The third-order valence-electron chi connectivity index (χ3n) is 2.31. The standard InChI is InChI=1S/C9H19NO.2C2H6/c1-11-9-8-10-6-4-2-3-5-7-10;2*1-2/h2-9H2,1H3;2*1-2H3. The van der Waals surface area contributed by atoms with Crippen molar-refractivity contribution < 1.29 is 4.74 Å². The molecule has 1 aliphatic rings. The second kappa shape index (κ2) is 16.4. The van der Waals surface area contributed by atoms with E-state index in [0.717, 1.165) is 13.2 Å². The SMILES string of the molecule is CC.CC.COCCN1CCCCCC1. The van der Waals surface area contributed by atoms with Gasteiger partial charge in [0.2, 0.25) is 0 Å². The van der Waals surface area contributed by atoms with Gasteiger partial charge in [-0.1, -0.05) is 40.5 Å². The number of hydrogen-bond acceptors (Lipinski definition) is 2. The van der Waals surface area contributed by atoms with Crippen LogP contribution in [0.5, 0.6) is 0 Å². The first-order valence-electron chi connectivity index (χ1n) is 6.65. The van der Waals surface area contributed by atoms with Gasteiger partial charge in [-0.2, -0.15) is 0 Å². The highest BCUT2D eigenvalue weighted by atomic mass is 16.5. The molecule has 0 N–H and O–H groups in total. The zero-order chi connectivity index (χ0) is 11.9. The molecule has 1 saturated heterocycles. The zero-order valence-electron chi connectivity index (χ0n) is 11.5. The first-order valence-corrected chi connectivity index (χ1v) is 6.65. The van der Waals surface area contributed by atoms with Gasteiger partial charge in [0.1, 0.15) is 0 Å². The third-order valence-corrected chi connectivity index (χ3v) is 2.31. The molecule has 0 aliphatic carbocycles. The summed E-state index contributed by atoms with van der Waals surface area (Å²) < 4.78 is 5.04. The quantitative estimate of drug-likeness (QED) is 0.716. The Labute approximate surface area is 97.0 Å². The lowest BCUT2D eigenvalue weighted by Gasteiger charge is -2.18. The lowest BCUT2D eigenvalue weighted by atomic mass is 10.2. The Hall–Kier alpha value is -0.0800. The molecule has 2 heteroatoms. The minimum absolute atomic E-state index is 0.889. The average Bonchev–Trinajstić information content (AvgIpc) is 2.60. The molecular weight excluding hydrogens is 186 g/mol. The van der Waals surface area contributed by atoms with E-state index in [-0.39, 0.29) is 0 Å². The predicted octanol–water partition coefficient (Wildman–Crippen LogP) is 3.56. The normalized spacial score (nSPS) is 16.6. The van der Waals surface area contributed by atoms with E-state index < -0.39 is 0 Å². The van der Waals surface area contributed by atoms with Crippen LogP contribution in [0.1, 0.15) is 53.4 Å². The van der Waals surface area contributed by atoms with E-state index in [1.165, 1.54) is 38.8 Å². The minimum Gasteiger partial charge on any atom is -0.383 e. The molecule has 0 radical (unpaired) electrons. The Morgan fingerprint density at radius 3 is 1.73 bits per heavy atom. The van der Waals surface area contributed by atoms with E-state index in [2.05, 4.69) is 4.90 Å². The van der Waals surface area contributed by atoms with Crippen LogP contribution in [0, 0.1) is 0 Å². The van der Waals surface area contributed by atoms with E-state index in [4.69, 9.17) is 4.74 Å². The zero-order valence-corrected chi connectivity index (χ0v) is 11.5. The highest BCUT2D eigenvalue weighted by molar-refractivity contribution is 4.62. The van der Waals surface area contributed by atoms with Crippen molar-refractivity contribution in [1.82, 2.24) is 4.90 Å². The largest absolute Gasteiger partial charge is 0.383 e. The molecule has 0 aromatic heterocycles. The minimum atomic E-state index is 0.889. The lowest BCUT2D eigenvalue weighted by molar-refractivity contribution is 0.150. The number of likely N-dealkylation sites (tertiary alicyclic amines) is 1. The van der Waals surface area contributed by atoms with Crippen molar-refractivity contribution in [2.24, 2.45) is 0 Å². The van der Waals surface area contributed by atoms with Gasteiger partial charge in [0.15, 0.2) is 0 Å². The van der Waals surface area contributed by atoms with Crippen molar-refractivity contribution in [2.45, 2.75) is 53.4 Å². The molecule has 1 heterocycles. The van der Waals surface area contributed by atoms with Crippen molar-refractivity contribution in [2.75, 3.05) is 33.4 Å². The number of nitrogens with zero attached hydrogens (tertiary/aromatic N) is 1. The molecule has 15 heavy (non-hydrogen) atoms.